The van der Waals surface area contributed by atoms with E-state index >= 15 is 0 Å². The minimum Gasteiger partial charge on any atom is -0.0683 e. The van der Waals surface area contributed by atoms with Crippen molar-refractivity contribution < 1.29 is 0 Å². The summed E-state index contributed by atoms with van der Waals surface area (Å²) in [6, 6.07) is 0. The Morgan fingerprint density at radius 1 is 0.769 bits per heavy atom. The molecule has 0 radical (unpaired) electrons. The van der Waals surface area contributed by atoms with E-state index in [2.05, 4.69) is 20.8 Å². The molecule has 13 heavy (non-hydrogen) atoms. The molecule has 0 bridgehead atoms. The van der Waals surface area contributed by atoms with E-state index in [0.717, 1.165) is 5.92 Å². The molecule has 1 unspecified atom stereocenters. The van der Waals surface area contributed by atoms with Crippen molar-refractivity contribution in [1.29, 1.82) is 0 Å². The van der Waals surface area contributed by atoms with E-state index in [-0.39, 0.29) is 0 Å². The van der Waals surface area contributed by atoms with Crippen LogP contribution in [0.1, 0.15) is 80.6 Å². The fourth-order valence-corrected chi connectivity index (χ4v) is 1.19. The van der Waals surface area contributed by atoms with E-state index in [1.165, 1.54) is 32.1 Å². The van der Waals surface area contributed by atoms with Gasteiger partial charge >= 0.3 is 0 Å². The third-order valence-electron chi connectivity index (χ3n) is 1.83. The Balaban J connectivity index is -0.000000218. The molecule has 84 valence electrons. The van der Waals surface area contributed by atoms with Crippen molar-refractivity contribution in [3.63, 3.8) is 0 Å². The second-order valence-electron chi connectivity index (χ2n) is 3.04. The lowest BCUT2D eigenvalue weighted by Gasteiger charge is -2.07. The van der Waals surface area contributed by atoms with Gasteiger partial charge in [0.05, 0.1) is 0 Å². The molecule has 0 rings (SSSR count). The predicted octanol–water partition coefficient (Wildman–Crippen LogP) is 5.67. The lowest BCUT2D eigenvalue weighted by Crippen LogP contribution is -1.92. The summed E-state index contributed by atoms with van der Waals surface area (Å²) in [6.07, 6.45) is 6.98. The number of rotatable bonds is 5. The van der Waals surface area contributed by atoms with Crippen molar-refractivity contribution >= 4 is 0 Å². The molecule has 0 heteroatoms. The van der Waals surface area contributed by atoms with Gasteiger partial charge in [0, 0.05) is 0 Å². The van der Waals surface area contributed by atoms with E-state index in [4.69, 9.17) is 0 Å². The van der Waals surface area contributed by atoms with Crippen molar-refractivity contribution in [2.45, 2.75) is 80.6 Å². The normalized spacial score (nSPS) is 10.4. The minimum absolute atomic E-state index is 0.968. The van der Waals surface area contributed by atoms with E-state index in [9.17, 15) is 0 Å². The Bertz CT molecular complexity index is 48.0. The molecule has 0 spiro atoms. The van der Waals surface area contributed by atoms with Crippen LogP contribution in [0.15, 0.2) is 0 Å². The SMILES string of the molecule is CC.CC.CCCCC(C)CCC. The standard InChI is InChI=1S/C9H20.2C2H6/c1-4-6-8-9(3)7-5-2;2*1-2/h9H,4-8H2,1-3H3;2*1-2H3. The number of unbranched alkanes of at least 4 members (excludes halogenated alkanes) is 1. The zero-order valence-electron chi connectivity index (χ0n) is 11.1. The maximum atomic E-state index is 2.36. The van der Waals surface area contributed by atoms with Gasteiger partial charge in [0.25, 0.3) is 0 Å². The van der Waals surface area contributed by atoms with E-state index in [0.29, 0.717) is 0 Å². The number of hydrogen-bond donors (Lipinski definition) is 0. The molecule has 0 fully saturated rings. The molecular formula is C13H32. The molecule has 0 saturated heterocycles. The van der Waals surface area contributed by atoms with Gasteiger partial charge in [-0.25, -0.2) is 0 Å². The highest BCUT2D eigenvalue weighted by Gasteiger charge is 1.97. The van der Waals surface area contributed by atoms with Crippen molar-refractivity contribution in [3.05, 3.63) is 0 Å². The summed E-state index contributed by atoms with van der Waals surface area (Å²) < 4.78 is 0. The van der Waals surface area contributed by atoms with Gasteiger partial charge in [-0.05, 0) is 5.92 Å². The van der Waals surface area contributed by atoms with Crippen LogP contribution < -0.4 is 0 Å². The van der Waals surface area contributed by atoms with E-state index < -0.39 is 0 Å². The second-order valence-corrected chi connectivity index (χ2v) is 3.04. The monoisotopic (exact) mass is 188 g/mol. The van der Waals surface area contributed by atoms with Gasteiger partial charge in [0.15, 0.2) is 0 Å². The first-order valence-corrected chi connectivity index (χ1v) is 6.31. The van der Waals surface area contributed by atoms with Crippen molar-refractivity contribution in [1.82, 2.24) is 0 Å². The zero-order valence-corrected chi connectivity index (χ0v) is 11.1. The van der Waals surface area contributed by atoms with Crippen LogP contribution in [0.25, 0.3) is 0 Å². The van der Waals surface area contributed by atoms with Crippen LogP contribution in [0.3, 0.4) is 0 Å². The molecule has 0 heterocycles. The maximum absolute atomic E-state index is 2.36. The molecular weight excluding hydrogens is 156 g/mol. The van der Waals surface area contributed by atoms with E-state index in [1.54, 1.807) is 0 Å². The molecule has 0 aromatic heterocycles. The fourth-order valence-electron chi connectivity index (χ4n) is 1.19. The Kier molecular flexibility index (Phi) is 32.7. The van der Waals surface area contributed by atoms with Crippen LogP contribution in [0.5, 0.6) is 0 Å². The van der Waals surface area contributed by atoms with Gasteiger partial charge in [0.2, 0.25) is 0 Å². The minimum atomic E-state index is 0.968. The van der Waals surface area contributed by atoms with Crippen LogP contribution in [0.2, 0.25) is 0 Å². The highest BCUT2D eigenvalue weighted by Crippen LogP contribution is 2.12. The predicted molar refractivity (Wildman–Crippen MR) is 66.3 cm³/mol. The van der Waals surface area contributed by atoms with Gasteiger partial charge in [-0.2, -0.15) is 0 Å². The van der Waals surface area contributed by atoms with E-state index in [1.807, 2.05) is 27.7 Å². The van der Waals surface area contributed by atoms with Crippen molar-refractivity contribution in [2.24, 2.45) is 5.92 Å². The van der Waals surface area contributed by atoms with Gasteiger partial charge in [-0.15, -0.1) is 0 Å². The molecule has 0 nitrogen and oxygen atoms in total. The summed E-state index contributed by atoms with van der Waals surface area (Å²) in [5, 5.41) is 0. The molecule has 0 saturated carbocycles. The highest BCUT2D eigenvalue weighted by molar-refractivity contribution is 4.50. The summed E-state index contributed by atoms with van der Waals surface area (Å²) in [6.45, 7) is 14.9. The average molecular weight is 188 g/mol. The molecule has 0 aliphatic carbocycles. The number of hydrogen-bond acceptors (Lipinski definition) is 0. The van der Waals surface area contributed by atoms with Crippen molar-refractivity contribution in [3.8, 4) is 0 Å². The first kappa shape index (κ1) is 18.7. The molecule has 0 aromatic rings. The van der Waals surface area contributed by atoms with Gasteiger partial charge in [-0.3, -0.25) is 0 Å². The third kappa shape index (κ3) is 24.5. The largest absolute Gasteiger partial charge is 0.0683 e. The first-order chi connectivity index (χ1) is 6.31. The molecule has 0 aliphatic heterocycles. The van der Waals surface area contributed by atoms with Gasteiger partial charge in [-0.1, -0.05) is 80.6 Å². The lowest BCUT2D eigenvalue weighted by molar-refractivity contribution is 0.466. The summed E-state index contributed by atoms with van der Waals surface area (Å²) >= 11 is 0. The Hall–Kier alpha value is 0. The summed E-state index contributed by atoms with van der Waals surface area (Å²) in [5.41, 5.74) is 0. The molecule has 0 N–H and O–H groups in total. The average Bonchev–Trinajstić information content (AvgIpc) is 2.21. The quantitative estimate of drug-likeness (QED) is 0.522. The lowest BCUT2D eigenvalue weighted by atomic mass is 10.00. The summed E-state index contributed by atoms with van der Waals surface area (Å²) in [4.78, 5) is 0. The molecule has 0 aliphatic rings. The summed E-state index contributed by atoms with van der Waals surface area (Å²) in [7, 11) is 0. The van der Waals surface area contributed by atoms with Gasteiger partial charge in [0.1, 0.15) is 0 Å². The summed E-state index contributed by atoms with van der Waals surface area (Å²) in [5.74, 6) is 0.968. The maximum Gasteiger partial charge on any atom is -0.0443 e. The smallest absolute Gasteiger partial charge is 0.0443 e. The first-order valence-electron chi connectivity index (χ1n) is 6.31. The molecule has 0 amide bonds. The van der Waals surface area contributed by atoms with Crippen molar-refractivity contribution in [2.75, 3.05) is 0 Å². The Morgan fingerprint density at radius 3 is 1.54 bits per heavy atom. The third-order valence-corrected chi connectivity index (χ3v) is 1.83. The van der Waals surface area contributed by atoms with Crippen LogP contribution in [-0.4, -0.2) is 0 Å². The second kappa shape index (κ2) is 22.7. The molecule has 0 aromatic carbocycles. The van der Waals surface area contributed by atoms with Crippen LogP contribution >= 0.6 is 0 Å². The Labute approximate surface area is 87.1 Å². The Morgan fingerprint density at radius 2 is 1.23 bits per heavy atom. The van der Waals surface area contributed by atoms with Crippen LogP contribution in [-0.2, 0) is 0 Å². The zero-order chi connectivity index (χ0) is 11.1. The highest BCUT2D eigenvalue weighted by atomic mass is 14.0. The fraction of sp³-hybridized carbons (Fsp3) is 1.00. The van der Waals surface area contributed by atoms with Crippen LogP contribution in [0, 0.1) is 5.92 Å². The van der Waals surface area contributed by atoms with Crippen LogP contribution in [0.4, 0.5) is 0 Å². The van der Waals surface area contributed by atoms with Gasteiger partial charge < -0.3 is 0 Å². The topological polar surface area (TPSA) is 0 Å². The molecule has 1 atom stereocenters.